The van der Waals surface area contributed by atoms with E-state index in [1.54, 1.807) is 30.5 Å². The van der Waals surface area contributed by atoms with Gasteiger partial charge in [0.1, 0.15) is 19.0 Å². The maximum absolute atomic E-state index is 12.3. The van der Waals surface area contributed by atoms with Gasteiger partial charge in [-0.3, -0.25) is 9.17 Å². The van der Waals surface area contributed by atoms with Crippen LogP contribution in [0.25, 0.3) is 22.3 Å². The van der Waals surface area contributed by atoms with E-state index >= 15 is 0 Å². The fourth-order valence-corrected chi connectivity index (χ4v) is 4.12. The van der Waals surface area contributed by atoms with Crippen LogP contribution in [0.3, 0.4) is 0 Å². The van der Waals surface area contributed by atoms with Gasteiger partial charge in [0.15, 0.2) is 0 Å². The molecule has 33 heavy (non-hydrogen) atoms. The molecule has 0 saturated carbocycles. The molecule has 0 saturated heterocycles. The van der Waals surface area contributed by atoms with Crippen molar-refractivity contribution in [1.82, 2.24) is 9.97 Å². The van der Waals surface area contributed by atoms with Crippen LogP contribution in [0.2, 0.25) is 0 Å². The van der Waals surface area contributed by atoms with Gasteiger partial charge in [-0.15, -0.1) is 0 Å². The number of aryl methyl sites for hydroxylation is 1. The lowest BCUT2D eigenvalue weighted by Crippen LogP contribution is -2.13. The lowest BCUT2D eigenvalue weighted by Gasteiger charge is -2.12. The molecule has 4 aromatic rings. The van der Waals surface area contributed by atoms with Crippen molar-refractivity contribution in [1.29, 1.82) is 0 Å². The minimum atomic E-state index is -3.82. The topological polar surface area (TPSA) is 81.6 Å². The first kappa shape index (κ1) is 22.7. The van der Waals surface area contributed by atoms with Crippen molar-refractivity contribution in [2.75, 3.05) is 32.2 Å². The minimum Gasteiger partial charge on any atom is -0.491 e. The highest BCUT2D eigenvalue weighted by Gasteiger charge is 2.14. The van der Waals surface area contributed by atoms with Crippen molar-refractivity contribution in [3.8, 4) is 17.0 Å². The highest BCUT2D eigenvalue weighted by molar-refractivity contribution is 7.86. The molecular formula is C25H25N3O4S. The first-order chi connectivity index (χ1) is 15.8. The summed E-state index contributed by atoms with van der Waals surface area (Å²) in [4.78, 5) is 11.4. The summed E-state index contributed by atoms with van der Waals surface area (Å²) < 4.78 is 35.3. The molecule has 0 atom stereocenters. The fraction of sp³-hybridized carbons (Fsp3) is 0.200. The van der Waals surface area contributed by atoms with Gasteiger partial charge in [0, 0.05) is 31.4 Å². The van der Waals surface area contributed by atoms with E-state index in [-0.39, 0.29) is 18.1 Å². The van der Waals surface area contributed by atoms with E-state index in [1.807, 2.05) is 56.3 Å². The molecule has 0 N–H and O–H groups in total. The molecule has 0 fully saturated rings. The SMILES string of the molecule is Cc1ccc(S(=O)(=O)OCCOc2ccc3ncc(-c4ccc(N(C)C)cc4)nc3c2)cc1. The average Bonchev–Trinajstić information content (AvgIpc) is 2.82. The van der Waals surface area contributed by atoms with Crippen molar-refractivity contribution in [2.45, 2.75) is 11.8 Å². The van der Waals surface area contributed by atoms with E-state index in [4.69, 9.17) is 13.9 Å². The van der Waals surface area contributed by atoms with Crippen LogP contribution in [-0.4, -0.2) is 45.7 Å². The summed E-state index contributed by atoms with van der Waals surface area (Å²) in [7, 11) is 0.174. The second kappa shape index (κ2) is 9.56. The van der Waals surface area contributed by atoms with Crippen molar-refractivity contribution in [3.63, 3.8) is 0 Å². The smallest absolute Gasteiger partial charge is 0.297 e. The minimum absolute atomic E-state index is 0.0791. The monoisotopic (exact) mass is 463 g/mol. The van der Waals surface area contributed by atoms with Crippen molar-refractivity contribution in [2.24, 2.45) is 0 Å². The number of anilines is 1. The average molecular weight is 464 g/mol. The fourth-order valence-electron chi connectivity index (χ4n) is 3.23. The maximum atomic E-state index is 12.3. The Kier molecular flexibility index (Phi) is 6.57. The van der Waals surface area contributed by atoms with Crippen LogP contribution in [0.4, 0.5) is 5.69 Å². The largest absolute Gasteiger partial charge is 0.491 e. The number of rotatable bonds is 8. The molecule has 0 spiro atoms. The van der Waals surface area contributed by atoms with Crippen LogP contribution in [0, 0.1) is 6.92 Å². The number of ether oxygens (including phenoxy) is 1. The third kappa shape index (κ3) is 5.47. The van der Waals surface area contributed by atoms with Gasteiger partial charge in [-0.2, -0.15) is 8.42 Å². The zero-order valence-electron chi connectivity index (χ0n) is 18.7. The van der Waals surface area contributed by atoms with Crippen LogP contribution < -0.4 is 9.64 Å². The Balaban J connectivity index is 1.41. The van der Waals surface area contributed by atoms with Crippen LogP contribution in [0.1, 0.15) is 5.56 Å². The number of nitrogens with zero attached hydrogens (tertiary/aromatic N) is 3. The summed E-state index contributed by atoms with van der Waals surface area (Å²) in [5, 5.41) is 0. The third-order valence-corrected chi connectivity index (χ3v) is 6.42. The third-order valence-electron chi connectivity index (χ3n) is 5.09. The summed E-state index contributed by atoms with van der Waals surface area (Å²) in [5.41, 5.74) is 5.25. The van der Waals surface area contributed by atoms with E-state index < -0.39 is 10.1 Å². The van der Waals surface area contributed by atoms with Gasteiger partial charge in [0.05, 0.1) is 27.8 Å². The predicted molar refractivity (Wildman–Crippen MR) is 129 cm³/mol. The van der Waals surface area contributed by atoms with Gasteiger partial charge >= 0.3 is 0 Å². The van der Waals surface area contributed by atoms with Crippen molar-refractivity contribution in [3.05, 3.63) is 78.5 Å². The van der Waals surface area contributed by atoms with Gasteiger partial charge in [0.2, 0.25) is 0 Å². The molecule has 4 rings (SSSR count). The lowest BCUT2D eigenvalue weighted by atomic mass is 10.1. The Morgan fingerprint density at radius 1 is 0.879 bits per heavy atom. The summed E-state index contributed by atoms with van der Waals surface area (Å²) in [6.45, 7) is 1.87. The predicted octanol–water partition coefficient (Wildman–Crippen LogP) is 4.46. The Labute approximate surface area is 193 Å². The van der Waals surface area contributed by atoms with Crippen molar-refractivity contribution >= 4 is 26.8 Å². The van der Waals surface area contributed by atoms with E-state index in [2.05, 4.69) is 4.98 Å². The van der Waals surface area contributed by atoms with E-state index in [1.165, 1.54) is 12.1 Å². The lowest BCUT2D eigenvalue weighted by molar-refractivity contribution is 0.221. The highest BCUT2D eigenvalue weighted by atomic mass is 32.2. The van der Waals surface area contributed by atoms with Crippen molar-refractivity contribution < 1.29 is 17.3 Å². The Morgan fingerprint density at radius 2 is 1.61 bits per heavy atom. The summed E-state index contributed by atoms with van der Waals surface area (Å²) in [6, 6.07) is 20.0. The molecule has 8 heteroatoms. The number of hydrogen-bond acceptors (Lipinski definition) is 7. The molecule has 0 unspecified atom stereocenters. The first-order valence-electron chi connectivity index (χ1n) is 10.5. The molecule has 1 aromatic heterocycles. The maximum Gasteiger partial charge on any atom is 0.297 e. The molecule has 0 aliphatic carbocycles. The molecule has 0 bridgehead atoms. The number of benzene rings is 3. The van der Waals surface area contributed by atoms with Gasteiger partial charge < -0.3 is 9.64 Å². The number of hydrogen-bond donors (Lipinski definition) is 0. The summed E-state index contributed by atoms with van der Waals surface area (Å²) in [6.07, 6.45) is 1.75. The quantitative estimate of drug-likeness (QED) is 0.282. The van der Waals surface area contributed by atoms with Crippen LogP contribution in [0.5, 0.6) is 5.75 Å². The van der Waals surface area contributed by atoms with Gasteiger partial charge in [-0.05, 0) is 43.3 Å². The van der Waals surface area contributed by atoms with Crippen LogP contribution in [0.15, 0.2) is 77.8 Å². The molecular weight excluding hydrogens is 438 g/mol. The summed E-state index contributed by atoms with van der Waals surface area (Å²) >= 11 is 0. The van der Waals surface area contributed by atoms with E-state index in [0.717, 1.165) is 28.0 Å². The molecule has 170 valence electrons. The molecule has 0 radical (unpaired) electrons. The standard InChI is InChI=1S/C25H25N3O4S/c1-18-4-11-22(12-5-18)33(29,30)32-15-14-31-21-10-13-23-24(16-21)27-25(17-26-23)19-6-8-20(9-7-19)28(2)3/h4-13,16-17H,14-15H2,1-3H3. The first-order valence-corrected chi connectivity index (χ1v) is 11.9. The zero-order chi connectivity index (χ0) is 23.4. The molecule has 0 aliphatic rings. The molecule has 1 heterocycles. The van der Waals surface area contributed by atoms with Crippen LogP contribution in [-0.2, 0) is 14.3 Å². The van der Waals surface area contributed by atoms with E-state index in [9.17, 15) is 8.42 Å². The molecule has 0 amide bonds. The van der Waals surface area contributed by atoms with Gasteiger partial charge in [-0.25, -0.2) is 4.98 Å². The molecule has 7 nitrogen and oxygen atoms in total. The zero-order valence-corrected chi connectivity index (χ0v) is 19.5. The Morgan fingerprint density at radius 3 is 2.30 bits per heavy atom. The van der Waals surface area contributed by atoms with Gasteiger partial charge in [-0.1, -0.05) is 29.8 Å². The number of fused-ring (bicyclic) bond motifs is 1. The Bertz CT molecular complexity index is 1350. The second-order valence-corrected chi connectivity index (χ2v) is 9.40. The Hall–Kier alpha value is -3.49. The summed E-state index contributed by atoms with van der Waals surface area (Å²) in [5.74, 6) is 0.563. The normalized spacial score (nSPS) is 11.5. The molecule has 3 aromatic carbocycles. The highest BCUT2D eigenvalue weighted by Crippen LogP contribution is 2.24. The van der Waals surface area contributed by atoms with Gasteiger partial charge in [0.25, 0.3) is 10.1 Å². The van der Waals surface area contributed by atoms with Crippen LogP contribution >= 0.6 is 0 Å². The second-order valence-electron chi connectivity index (χ2n) is 7.78. The van der Waals surface area contributed by atoms with E-state index in [0.29, 0.717) is 11.3 Å². The number of aromatic nitrogens is 2. The molecule has 0 aliphatic heterocycles.